The van der Waals surface area contributed by atoms with E-state index in [0.29, 0.717) is 11.8 Å². The molecule has 160 valence electrons. The molecule has 10 nitrogen and oxygen atoms in total. The van der Waals surface area contributed by atoms with Crippen molar-refractivity contribution in [3.8, 4) is 0 Å². The van der Waals surface area contributed by atoms with Crippen molar-refractivity contribution in [1.29, 1.82) is 0 Å². The van der Waals surface area contributed by atoms with Crippen molar-refractivity contribution in [2.75, 3.05) is 42.9 Å². The number of fused-ring (bicyclic) bond motifs is 4. The first-order valence-corrected chi connectivity index (χ1v) is 11.1. The third-order valence-corrected chi connectivity index (χ3v) is 6.72. The topological polar surface area (TPSA) is 108 Å². The van der Waals surface area contributed by atoms with E-state index in [1.165, 1.54) is 19.3 Å². The molecule has 1 spiro atoms. The molecule has 3 aromatic heterocycles. The number of hydrogen-bond acceptors (Lipinski definition) is 9. The maximum Gasteiger partial charge on any atom is 0.231 e. The summed E-state index contributed by atoms with van der Waals surface area (Å²) in [5.74, 6) is 1.94. The van der Waals surface area contributed by atoms with E-state index < -0.39 is 0 Å². The number of hydrogen-bond donors (Lipinski definition) is 2. The fourth-order valence-electron chi connectivity index (χ4n) is 5.08. The van der Waals surface area contributed by atoms with Gasteiger partial charge < -0.3 is 15.5 Å². The third-order valence-electron chi connectivity index (χ3n) is 6.72. The fourth-order valence-corrected chi connectivity index (χ4v) is 5.08. The molecular weight excluding hydrogens is 392 g/mol. The molecule has 2 N–H and O–H groups in total. The maximum atomic E-state index is 4.82. The largest absolute Gasteiger partial charge is 0.368 e. The van der Waals surface area contributed by atoms with Crippen LogP contribution in [0.3, 0.4) is 0 Å². The quantitative estimate of drug-likeness (QED) is 0.673. The molecule has 1 aliphatic carbocycles. The Hall–Kier alpha value is -3.14. The molecule has 3 aromatic rings. The summed E-state index contributed by atoms with van der Waals surface area (Å²) in [5.41, 5.74) is 3.10. The van der Waals surface area contributed by atoms with Crippen LogP contribution in [0, 0.1) is 0 Å². The second-order valence-electron chi connectivity index (χ2n) is 8.65. The summed E-state index contributed by atoms with van der Waals surface area (Å²) in [7, 11) is 0. The van der Waals surface area contributed by atoms with E-state index in [4.69, 9.17) is 4.98 Å². The molecule has 0 unspecified atom stereocenters. The predicted molar refractivity (Wildman–Crippen MR) is 118 cm³/mol. The molecule has 31 heavy (non-hydrogen) atoms. The Morgan fingerprint density at radius 3 is 2.71 bits per heavy atom. The van der Waals surface area contributed by atoms with E-state index in [0.717, 1.165) is 68.3 Å². The molecule has 0 atom stereocenters. The van der Waals surface area contributed by atoms with Gasteiger partial charge in [0.05, 0.1) is 24.0 Å². The van der Waals surface area contributed by atoms with Gasteiger partial charge in [-0.1, -0.05) is 19.3 Å². The van der Waals surface area contributed by atoms with Crippen LogP contribution in [0.5, 0.6) is 0 Å². The molecule has 2 aliphatic heterocycles. The van der Waals surface area contributed by atoms with Gasteiger partial charge in [0.1, 0.15) is 12.1 Å². The van der Waals surface area contributed by atoms with Crippen LogP contribution in [-0.2, 0) is 5.41 Å². The van der Waals surface area contributed by atoms with E-state index >= 15 is 0 Å². The molecule has 0 radical (unpaired) electrons. The van der Waals surface area contributed by atoms with Crippen molar-refractivity contribution in [3.63, 3.8) is 0 Å². The Morgan fingerprint density at radius 2 is 1.90 bits per heavy atom. The van der Waals surface area contributed by atoms with Crippen LogP contribution in [0.1, 0.15) is 37.7 Å². The Bertz CT molecular complexity index is 1110. The number of aromatic nitrogens is 5. The average molecular weight is 419 g/mol. The molecular formula is C21H26N10. The molecule has 6 rings (SSSR count). The predicted octanol–water partition coefficient (Wildman–Crippen LogP) is 2.97. The zero-order valence-corrected chi connectivity index (χ0v) is 17.5. The van der Waals surface area contributed by atoms with Crippen LogP contribution in [0.15, 0.2) is 34.9 Å². The minimum atomic E-state index is 0.00586. The highest BCUT2D eigenvalue weighted by molar-refractivity contribution is 5.65. The summed E-state index contributed by atoms with van der Waals surface area (Å²) in [5, 5.41) is 19.9. The maximum absolute atomic E-state index is 4.82. The van der Waals surface area contributed by atoms with E-state index in [-0.39, 0.29) is 5.41 Å². The molecule has 10 heteroatoms. The lowest BCUT2D eigenvalue weighted by Gasteiger charge is -2.36. The lowest BCUT2D eigenvalue weighted by atomic mass is 9.69. The van der Waals surface area contributed by atoms with Crippen LogP contribution in [0.25, 0.3) is 5.65 Å². The molecule has 3 aliphatic rings. The van der Waals surface area contributed by atoms with Gasteiger partial charge in [-0.2, -0.15) is 10.1 Å². The van der Waals surface area contributed by atoms with Crippen LogP contribution in [-0.4, -0.2) is 57.3 Å². The number of nitrogens with zero attached hydrogens (tertiary/aromatic N) is 8. The summed E-state index contributed by atoms with van der Waals surface area (Å²) < 4.78 is 1.73. The van der Waals surface area contributed by atoms with Crippen LogP contribution < -0.4 is 15.5 Å². The van der Waals surface area contributed by atoms with Gasteiger partial charge in [0.15, 0.2) is 5.65 Å². The number of azo groups is 1. The molecule has 1 saturated carbocycles. The van der Waals surface area contributed by atoms with Gasteiger partial charge in [-0.3, -0.25) is 0 Å². The average Bonchev–Trinajstić information content (AvgIpc) is 3.20. The van der Waals surface area contributed by atoms with Crippen LogP contribution in [0.4, 0.5) is 23.3 Å². The summed E-state index contributed by atoms with van der Waals surface area (Å²) in [4.78, 5) is 16.2. The third kappa shape index (κ3) is 3.31. The second kappa shape index (κ2) is 7.52. The number of pyridine rings is 1. The molecule has 0 bridgehead atoms. The highest BCUT2D eigenvalue weighted by Crippen LogP contribution is 2.47. The fraction of sp³-hybridized carbons (Fsp3) is 0.524. The van der Waals surface area contributed by atoms with Gasteiger partial charge in [-0.05, 0) is 25.0 Å². The van der Waals surface area contributed by atoms with Crippen molar-refractivity contribution in [2.45, 2.75) is 37.5 Å². The minimum absolute atomic E-state index is 0.00586. The monoisotopic (exact) mass is 418 g/mol. The summed E-state index contributed by atoms with van der Waals surface area (Å²) in [6.45, 7) is 4.73. The molecule has 1 saturated heterocycles. The van der Waals surface area contributed by atoms with E-state index in [1.54, 1.807) is 10.8 Å². The van der Waals surface area contributed by atoms with Gasteiger partial charge >= 0.3 is 0 Å². The Labute approximate surface area is 180 Å². The Morgan fingerprint density at radius 1 is 1.03 bits per heavy atom. The smallest absolute Gasteiger partial charge is 0.231 e. The van der Waals surface area contributed by atoms with Crippen molar-refractivity contribution >= 4 is 28.9 Å². The first-order chi connectivity index (χ1) is 15.3. The first-order valence-electron chi connectivity index (χ1n) is 11.1. The lowest BCUT2D eigenvalue weighted by Crippen LogP contribution is -2.43. The molecule has 2 fully saturated rings. The van der Waals surface area contributed by atoms with Crippen molar-refractivity contribution in [1.82, 2.24) is 29.9 Å². The summed E-state index contributed by atoms with van der Waals surface area (Å²) in [6, 6.07) is 4.07. The highest BCUT2D eigenvalue weighted by atomic mass is 15.4. The number of nitrogens with one attached hydrogen (secondary N) is 2. The number of rotatable bonds is 3. The van der Waals surface area contributed by atoms with Crippen molar-refractivity contribution < 1.29 is 0 Å². The van der Waals surface area contributed by atoms with Crippen molar-refractivity contribution in [3.05, 3.63) is 30.2 Å². The van der Waals surface area contributed by atoms with Crippen LogP contribution >= 0.6 is 0 Å². The van der Waals surface area contributed by atoms with Crippen molar-refractivity contribution in [2.24, 2.45) is 10.2 Å². The molecule has 0 amide bonds. The standard InChI is InChI=1S/C21H26N10/c1-2-6-21(7-3-1)13-25-28-18-17(21)19-27-20(24-14-31(19)29-18)26-16-5-4-15(12-23-16)30-10-8-22-9-11-30/h4-5,12,14,22H,1-3,6-11,13H2,(H,23,26,27). The highest BCUT2D eigenvalue weighted by Gasteiger charge is 2.41. The summed E-state index contributed by atoms with van der Waals surface area (Å²) >= 11 is 0. The van der Waals surface area contributed by atoms with E-state index in [1.807, 2.05) is 12.3 Å². The first kappa shape index (κ1) is 18.6. The van der Waals surface area contributed by atoms with E-state index in [2.05, 4.69) is 46.9 Å². The Balaban J connectivity index is 1.29. The summed E-state index contributed by atoms with van der Waals surface area (Å²) in [6.07, 6.45) is 9.54. The SMILES string of the molecule is c1cc(Nc2ncn3nc4c(c3n2)C2(CCCCC2)CN=N4)ncc1N1CCNCC1. The van der Waals surface area contributed by atoms with Gasteiger partial charge in [-0.15, -0.1) is 10.2 Å². The normalized spacial score (nSPS) is 20.2. The van der Waals surface area contributed by atoms with E-state index in [9.17, 15) is 0 Å². The molecule has 0 aromatic carbocycles. The second-order valence-corrected chi connectivity index (χ2v) is 8.65. The van der Waals surface area contributed by atoms with Gasteiger partial charge in [0, 0.05) is 31.6 Å². The zero-order valence-electron chi connectivity index (χ0n) is 17.5. The minimum Gasteiger partial charge on any atom is -0.368 e. The lowest BCUT2D eigenvalue weighted by molar-refractivity contribution is 0.295. The Kier molecular flexibility index (Phi) is 4.52. The number of piperazine rings is 1. The zero-order chi connectivity index (χ0) is 20.7. The van der Waals surface area contributed by atoms with Gasteiger partial charge in [-0.25, -0.2) is 14.5 Å². The van der Waals surface area contributed by atoms with Crippen LogP contribution in [0.2, 0.25) is 0 Å². The van der Waals surface area contributed by atoms with Gasteiger partial charge in [0.2, 0.25) is 11.8 Å². The number of anilines is 3. The van der Waals surface area contributed by atoms with Gasteiger partial charge in [0.25, 0.3) is 0 Å². The molecule has 5 heterocycles.